The van der Waals surface area contributed by atoms with E-state index in [-0.39, 0.29) is 24.2 Å². The van der Waals surface area contributed by atoms with Gasteiger partial charge in [0.2, 0.25) is 0 Å². The van der Waals surface area contributed by atoms with E-state index in [1.54, 1.807) is 4.57 Å². The third kappa shape index (κ3) is 4.11. The molecule has 1 fully saturated rings. The fraction of sp³-hybridized carbons (Fsp3) is 0.471. The Hall–Kier alpha value is -2.07. The number of nitrogens with zero attached hydrogens (tertiary/aromatic N) is 4. The van der Waals surface area contributed by atoms with Gasteiger partial charge in [-0.1, -0.05) is 0 Å². The van der Waals surface area contributed by atoms with Crippen LogP contribution >= 0.6 is 0 Å². The van der Waals surface area contributed by atoms with Crippen molar-refractivity contribution >= 4 is 15.7 Å². The van der Waals surface area contributed by atoms with Gasteiger partial charge >= 0.3 is 6.18 Å². The number of sulfonamides is 1. The van der Waals surface area contributed by atoms with E-state index in [0.29, 0.717) is 18.8 Å². The average Bonchev–Trinajstić information content (AvgIpc) is 3.12. The first kappa shape index (κ1) is 19.7. The summed E-state index contributed by atoms with van der Waals surface area (Å²) in [6.45, 7) is 5.16. The van der Waals surface area contributed by atoms with Crippen LogP contribution in [0, 0.1) is 0 Å². The minimum Gasteiger partial charge on any atom is -0.369 e. The molecule has 27 heavy (non-hydrogen) atoms. The van der Waals surface area contributed by atoms with Crippen molar-refractivity contribution in [1.29, 1.82) is 0 Å². The highest BCUT2D eigenvalue weighted by Crippen LogP contribution is 2.31. The normalized spacial score (nSPS) is 16.9. The Bertz CT molecular complexity index is 884. The van der Waals surface area contributed by atoms with Crippen molar-refractivity contribution in [2.75, 3.05) is 31.1 Å². The SMILES string of the molecule is CC(C)n1cnc(S(=O)(=O)N2CCN(c3ccc(C(F)(F)F)cc3)CC2)c1. The summed E-state index contributed by atoms with van der Waals surface area (Å²) < 4.78 is 66.5. The Morgan fingerprint density at radius 3 is 2.11 bits per heavy atom. The molecule has 1 aromatic carbocycles. The van der Waals surface area contributed by atoms with Crippen LogP contribution in [0.3, 0.4) is 0 Å². The maximum atomic E-state index is 12.7. The quantitative estimate of drug-likeness (QED) is 0.789. The van der Waals surface area contributed by atoms with Crippen LogP contribution in [-0.4, -0.2) is 48.5 Å². The van der Waals surface area contributed by atoms with E-state index in [9.17, 15) is 21.6 Å². The lowest BCUT2D eigenvalue weighted by Gasteiger charge is -2.35. The molecular weight excluding hydrogens is 381 g/mol. The maximum absolute atomic E-state index is 12.7. The van der Waals surface area contributed by atoms with Crippen LogP contribution < -0.4 is 4.90 Å². The van der Waals surface area contributed by atoms with Crippen LogP contribution in [0.25, 0.3) is 0 Å². The van der Waals surface area contributed by atoms with Gasteiger partial charge in [-0.25, -0.2) is 13.4 Å². The highest BCUT2D eigenvalue weighted by Gasteiger charge is 2.32. The number of benzene rings is 1. The minimum absolute atomic E-state index is 0.0131. The topological polar surface area (TPSA) is 58.4 Å². The molecule has 6 nitrogen and oxygen atoms in total. The summed E-state index contributed by atoms with van der Waals surface area (Å²) in [4.78, 5) is 5.88. The van der Waals surface area contributed by atoms with Crippen molar-refractivity contribution in [1.82, 2.24) is 13.9 Å². The summed E-state index contributed by atoms with van der Waals surface area (Å²) >= 11 is 0. The molecule has 1 saturated heterocycles. The number of aromatic nitrogens is 2. The molecule has 2 heterocycles. The maximum Gasteiger partial charge on any atom is 0.416 e. The second-order valence-electron chi connectivity index (χ2n) is 6.69. The van der Waals surface area contributed by atoms with Crippen molar-refractivity contribution in [3.8, 4) is 0 Å². The highest BCUT2D eigenvalue weighted by atomic mass is 32.2. The predicted octanol–water partition coefficient (Wildman–Crippen LogP) is 2.99. The molecule has 0 atom stereocenters. The van der Waals surface area contributed by atoms with Gasteiger partial charge in [0.25, 0.3) is 10.0 Å². The second-order valence-corrected chi connectivity index (χ2v) is 8.57. The standard InChI is InChI=1S/C17H21F3N4O2S/c1-13(2)23-11-16(21-12-23)27(25,26)24-9-7-22(8-10-24)15-5-3-14(4-6-15)17(18,19)20/h3-6,11-13H,7-10H2,1-2H3. The highest BCUT2D eigenvalue weighted by molar-refractivity contribution is 7.89. The summed E-state index contributed by atoms with van der Waals surface area (Å²) in [6, 6.07) is 5.01. The number of rotatable bonds is 4. The molecule has 0 unspecified atom stereocenters. The van der Waals surface area contributed by atoms with Crippen LogP contribution in [0.5, 0.6) is 0 Å². The van der Waals surface area contributed by atoms with Crippen molar-refractivity contribution < 1.29 is 21.6 Å². The number of piperazine rings is 1. The van der Waals surface area contributed by atoms with Crippen LogP contribution in [0.4, 0.5) is 18.9 Å². The van der Waals surface area contributed by atoms with Gasteiger partial charge in [-0.15, -0.1) is 0 Å². The van der Waals surface area contributed by atoms with E-state index in [4.69, 9.17) is 0 Å². The minimum atomic E-state index is -4.37. The molecular formula is C17H21F3N4O2S. The van der Waals surface area contributed by atoms with Crippen molar-refractivity contribution in [2.45, 2.75) is 31.1 Å². The molecule has 3 rings (SSSR count). The van der Waals surface area contributed by atoms with E-state index in [1.807, 2.05) is 18.7 Å². The number of anilines is 1. The first-order chi connectivity index (χ1) is 12.6. The second kappa shape index (κ2) is 7.16. The largest absolute Gasteiger partial charge is 0.416 e. The Morgan fingerprint density at radius 1 is 1.04 bits per heavy atom. The lowest BCUT2D eigenvalue weighted by atomic mass is 10.2. The Kier molecular flexibility index (Phi) is 5.22. The van der Waals surface area contributed by atoms with Gasteiger partial charge in [-0.2, -0.15) is 17.5 Å². The summed E-state index contributed by atoms with van der Waals surface area (Å²) in [7, 11) is -3.68. The number of hydrogen-bond donors (Lipinski definition) is 0. The van der Waals surface area contributed by atoms with Crippen molar-refractivity contribution in [2.24, 2.45) is 0 Å². The first-order valence-corrected chi connectivity index (χ1v) is 9.99. The number of imidazole rings is 1. The van der Waals surface area contributed by atoms with Gasteiger partial charge in [0.05, 0.1) is 11.9 Å². The average molecular weight is 402 g/mol. The molecule has 2 aromatic rings. The first-order valence-electron chi connectivity index (χ1n) is 8.55. The Morgan fingerprint density at radius 2 is 1.63 bits per heavy atom. The summed E-state index contributed by atoms with van der Waals surface area (Å²) in [6.07, 6.45) is -1.36. The van der Waals surface area contributed by atoms with E-state index in [1.165, 1.54) is 29.0 Å². The number of halogens is 3. The van der Waals surface area contributed by atoms with Crippen LogP contribution in [-0.2, 0) is 16.2 Å². The van der Waals surface area contributed by atoms with Gasteiger partial charge in [0.1, 0.15) is 0 Å². The third-order valence-electron chi connectivity index (χ3n) is 4.58. The Labute approximate surface area is 156 Å². The molecule has 0 saturated carbocycles. The van der Waals surface area contributed by atoms with Gasteiger partial charge in [0, 0.05) is 44.1 Å². The van der Waals surface area contributed by atoms with Gasteiger partial charge in [-0.05, 0) is 38.1 Å². The molecule has 148 valence electrons. The van der Waals surface area contributed by atoms with Crippen LogP contribution in [0.15, 0.2) is 41.8 Å². The molecule has 10 heteroatoms. The molecule has 0 aliphatic carbocycles. The molecule has 1 aliphatic rings. The molecule has 0 bridgehead atoms. The van der Waals surface area contributed by atoms with Crippen LogP contribution in [0.2, 0.25) is 0 Å². The van der Waals surface area contributed by atoms with E-state index < -0.39 is 21.8 Å². The summed E-state index contributed by atoms with van der Waals surface area (Å²) in [5, 5.41) is 0.0131. The van der Waals surface area contributed by atoms with Crippen molar-refractivity contribution in [3.05, 3.63) is 42.4 Å². The number of alkyl halides is 3. The lowest BCUT2D eigenvalue weighted by Crippen LogP contribution is -2.48. The fourth-order valence-electron chi connectivity index (χ4n) is 2.91. The van der Waals surface area contributed by atoms with Crippen LogP contribution in [0.1, 0.15) is 25.5 Å². The number of hydrogen-bond acceptors (Lipinski definition) is 4. The zero-order chi connectivity index (χ0) is 19.8. The predicted molar refractivity (Wildman–Crippen MR) is 95.0 cm³/mol. The zero-order valence-electron chi connectivity index (χ0n) is 15.0. The van der Waals surface area contributed by atoms with Gasteiger partial charge in [0.15, 0.2) is 5.03 Å². The molecule has 0 spiro atoms. The van der Waals surface area contributed by atoms with E-state index in [2.05, 4.69) is 4.98 Å². The molecule has 0 amide bonds. The fourth-order valence-corrected chi connectivity index (χ4v) is 4.26. The van der Waals surface area contributed by atoms with E-state index >= 15 is 0 Å². The van der Waals surface area contributed by atoms with Gasteiger partial charge in [-0.3, -0.25) is 0 Å². The van der Waals surface area contributed by atoms with E-state index in [0.717, 1.165) is 12.1 Å². The summed E-state index contributed by atoms with van der Waals surface area (Å²) in [5.41, 5.74) is -0.0580. The summed E-state index contributed by atoms with van der Waals surface area (Å²) in [5.74, 6) is 0. The van der Waals surface area contributed by atoms with Crippen molar-refractivity contribution in [3.63, 3.8) is 0 Å². The lowest BCUT2D eigenvalue weighted by molar-refractivity contribution is -0.137. The molecule has 1 aliphatic heterocycles. The van der Waals surface area contributed by atoms with Gasteiger partial charge < -0.3 is 9.47 Å². The molecule has 0 radical (unpaired) electrons. The third-order valence-corrected chi connectivity index (χ3v) is 6.36. The molecule has 1 aromatic heterocycles. The monoisotopic (exact) mass is 402 g/mol. The Balaban J connectivity index is 1.67. The zero-order valence-corrected chi connectivity index (χ0v) is 15.8. The molecule has 0 N–H and O–H groups in total. The smallest absolute Gasteiger partial charge is 0.369 e.